The van der Waals surface area contributed by atoms with Crippen molar-refractivity contribution in [2.75, 3.05) is 97.6 Å². The van der Waals surface area contributed by atoms with E-state index >= 15 is 0 Å². The first-order chi connectivity index (χ1) is 32.5. The van der Waals surface area contributed by atoms with Crippen LogP contribution in [0.5, 0.6) is 0 Å². The van der Waals surface area contributed by atoms with Crippen LogP contribution < -0.4 is 43.0 Å². The van der Waals surface area contributed by atoms with Crippen molar-refractivity contribution in [3.8, 4) is 0 Å². The number of anilines is 1. The van der Waals surface area contributed by atoms with Crippen molar-refractivity contribution in [2.45, 2.75) is 117 Å². The molecule has 22 heteroatoms. The Kier molecular flexibility index (Phi) is 33.6. The maximum Gasteiger partial charge on any atom is 0.407 e. The molecule has 9 N–H and O–H groups in total. The van der Waals surface area contributed by atoms with Crippen LogP contribution in [0.3, 0.4) is 0 Å². The lowest BCUT2D eigenvalue weighted by Gasteiger charge is -2.25. The van der Waals surface area contributed by atoms with Gasteiger partial charge in [-0.15, -0.1) is 0 Å². The molecule has 1 rings (SSSR count). The summed E-state index contributed by atoms with van der Waals surface area (Å²) in [5.41, 5.74) is 5.66. The Morgan fingerprint density at radius 2 is 1.12 bits per heavy atom. The first kappa shape index (κ1) is 60.7. The fraction of sp³-hybridized carbons (Fsp3) is 0.717. The zero-order chi connectivity index (χ0) is 50.4. The highest BCUT2D eigenvalue weighted by atomic mass is 16.6. The van der Waals surface area contributed by atoms with E-state index in [4.69, 9.17) is 38.9 Å². The molecule has 0 saturated heterocycles. The van der Waals surface area contributed by atoms with Gasteiger partial charge in [-0.25, -0.2) is 14.4 Å². The predicted molar refractivity (Wildman–Crippen MR) is 253 cm³/mol. The Hall–Kier alpha value is -5.29. The minimum atomic E-state index is -1.05. The smallest absolute Gasteiger partial charge is 0.407 e. The Morgan fingerprint density at radius 1 is 0.588 bits per heavy atom. The molecule has 0 saturated carbocycles. The molecule has 0 aromatic heterocycles. The topological polar surface area (TPSA) is 294 Å². The predicted octanol–water partition coefficient (Wildman–Crippen LogP) is 3.01. The molecular formula is C46H80N8O14. The summed E-state index contributed by atoms with van der Waals surface area (Å²) in [5, 5.41) is 18.8. The van der Waals surface area contributed by atoms with E-state index in [9.17, 15) is 33.6 Å². The largest absolute Gasteiger partial charge is 0.445 e. The van der Waals surface area contributed by atoms with E-state index in [1.165, 1.54) is 0 Å². The summed E-state index contributed by atoms with van der Waals surface area (Å²) in [4.78, 5) is 87.4. The first-order valence-electron chi connectivity index (χ1n) is 23.6. The molecule has 1 aromatic carbocycles. The third-order valence-electron chi connectivity index (χ3n) is 9.21. The third-order valence-corrected chi connectivity index (χ3v) is 9.21. The highest BCUT2D eigenvalue weighted by Gasteiger charge is 2.29. The molecule has 2 atom stereocenters. The number of rotatable bonds is 38. The molecule has 1 aromatic rings. The van der Waals surface area contributed by atoms with Crippen molar-refractivity contribution in [3.63, 3.8) is 0 Å². The van der Waals surface area contributed by atoms with Gasteiger partial charge < -0.3 is 76.1 Å². The second-order valence-electron chi connectivity index (χ2n) is 16.9. The number of primary amides is 1. The monoisotopic (exact) mass is 969 g/mol. The van der Waals surface area contributed by atoms with Crippen LogP contribution in [-0.2, 0) is 58.9 Å². The van der Waals surface area contributed by atoms with Crippen molar-refractivity contribution < 1.29 is 66.7 Å². The minimum absolute atomic E-state index is 0.00639. The molecule has 1 unspecified atom stereocenters. The molecular weight excluding hydrogens is 889 g/mol. The van der Waals surface area contributed by atoms with Crippen molar-refractivity contribution >= 4 is 47.5 Å². The van der Waals surface area contributed by atoms with E-state index < -0.39 is 53.6 Å². The summed E-state index contributed by atoms with van der Waals surface area (Å²) in [6.45, 7) is 16.8. The van der Waals surface area contributed by atoms with Gasteiger partial charge in [0.05, 0.1) is 59.5 Å². The van der Waals surface area contributed by atoms with Crippen LogP contribution in [0, 0.1) is 5.92 Å². The Morgan fingerprint density at radius 3 is 1.66 bits per heavy atom. The van der Waals surface area contributed by atoms with Gasteiger partial charge in [0.25, 0.3) is 0 Å². The summed E-state index contributed by atoms with van der Waals surface area (Å²) in [6.07, 6.45) is 1.88. The van der Waals surface area contributed by atoms with Gasteiger partial charge in [0.2, 0.25) is 23.6 Å². The van der Waals surface area contributed by atoms with Gasteiger partial charge in [-0.05, 0) is 82.9 Å². The molecule has 388 valence electrons. The number of alkyl carbamates (subject to hydrolysis) is 2. The molecule has 0 radical (unpaired) electrons. The minimum Gasteiger partial charge on any atom is -0.445 e. The maximum atomic E-state index is 13.5. The van der Waals surface area contributed by atoms with Crippen LogP contribution in [0.25, 0.3) is 0 Å². The van der Waals surface area contributed by atoms with E-state index in [-0.39, 0.29) is 50.7 Å². The van der Waals surface area contributed by atoms with E-state index in [1.54, 1.807) is 58.9 Å². The SMILES string of the molecule is CCCOCCOCCOCCOCCOCCNC(=O)CCCC(=O)NC(C(=O)N[C@@H](CCCNC(N)=O)C(=O)Nc1ccc(COC(=O)NCCCCNC(=O)OC(C)(C)C)cc1)C(C)C. The number of urea groups is 1. The van der Waals surface area contributed by atoms with Gasteiger partial charge in [0.15, 0.2) is 0 Å². The van der Waals surface area contributed by atoms with Gasteiger partial charge >= 0.3 is 18.2 Å². The molecule has 22 nitrogen and oxygen atoms in total. The fourth-order valence-corrected chi connectivity index (χ4v) is 5.77. The normalized spacial score (nSPS) is 12.0. The maximum absolute atomic E-state index is 13.5. The molecule has 0 fully saturated rings. The van der Waals surface area contributed by atoms with Crippen LogP contribution in [0.15, 0.2) is 24.3 Å². The molecule has 0 heterocycles. The number of nitrogens with one attached hydrogen (secondary N) is 7. The van der Waals surface area contributed by atoms with Crippen molar-refractivity contribution in [3.05, 3.63) is 29.8 Å². The van der Waals surface area contributed by atoms with Crippen molar-refractivity contribution in [1.82, 2.24) is 31.9 Å². The van der Waals surface area contributed by atoms with Crippen molar-refractivity contribution in [1.29, 1.82) is 0 Å². The van der Waals surface area contributed by atoms with Gasteiger partial charge in [-0.3, -0.25) is 19.2 Å². The Balaban J connectivity index is 2.45. The van der Waals surface area contributed by atoms with Gasteiger partial charge in [-0.2, -0.15) is 0 Å². The van der Waals surface area contributed by atoms with Gasteiger partial charge in [0.1, 0.15) is 24.3 Å². The number of nitrogens with two attached hydrogens (primary N) is 1. The molecule has 0 aliphatic carbocycles. The first-order valence-corrected chi connectivity index (χ1v) is 23.6. The zero-order valence-electron chi connectivity index (χ0n) is 41.1. The number of hydrogen-bond acceptors (Lipinski definition) is 14. The lowest BCUT2D eigenvalue weighted by Crippen LogP contribution is -2.54. The number of unbranched alkanes of at least 4 members (excludes halogenated alkanes) is 1. The van der Waals surface area contributed by atoms with E-state index in [2.05, 4.69) is 44.1 Å². The molecule has 68 heavy (non-hydrogen) atoms. The Bertz CT molecular complexity index is 1600. The fourth-order valence-electron chi connectivity index (χ4n) is 5.77. The van der Waals surface area contributed by atoms with Gasteiger partial charge in [0, 0.05) is 51.3 Å². The molecule has 0 aliphatic heterocycles. The summed E-state index contributed by atoms with van der Waals surface area (Å²) >= 11 is 0. The second-order valence-corrected chi connectivity index (χ2v) is 16.9. The molecule has 8 amide bonds. The molecule has 0 bridgehead atoms. The van der Waals surface area contributed by atoms with Crippen LogP contribution in [0.2, 0.25) is 0 Å². The highest BCUT2D eigenvalue weighted by molar-refractivity contribution is 5.98. The van der Waals surface area contributed by atoms with E-state index in [0.717, 1.165) is 13.0 Å². The average molecular weight is 969 g/mol. The molecule has 0 spiro atoms. The number of carbonyl (C=O) groups is 7. The zero-order valence-corrected chi connectivity index (χ0v) is 41.1. The van der Waals surface area contributed by atoms with Crippen LogP contribution >= 0.6 is 0 Å². The summed E-state index contributed by atoms with van der Waals surface area (Å²) < 4.78 is 37.6. The second kappa shape index (κ2) is 37.7. The number of carbonyl (C=O) groups excluding carboxylic acids is 7. The summed E-state index contributed by atoms with van der Waals surface area (Å²) in [7, 11) is 0. The lowest BCUT2D eigenvalue weighted by atomic mass is 10.0. The van der Waals surface area contributed by atoms with Crippen LogP contribution in [0.1, 0.15) is 98.5 Å². The van der Waals surface area contributed by atoms with Gasteiger partial charge in [-0.1, -0.05) is 32.9 Å². The number of amides is 8. The summed E-state index contributed by atoms with van der Waals surface area (Å²) in [5.74, 6) is -2.15. The number of ether oxygens (including phenoxy) is 7. The standard InChI is InChI=1S/C46H80N8O14/c1-7-23-62-25-27-64-29-31-66-32-30-65-28-26-63-24-22-48-38(55)13-10-14-39(56)54-40(34(2)3)42(58)53-37(12-11-21-49-43(47)59)41(57)52-36-17-15-35(16-18-36)33-67-44(60)50-19-8-9-20-51-45(61)68-46(4,5)6/h15-18,34,37,40H,7-14,19-33H2,1-6H3,(H,48,55)(H,50,60)(H,51,61)(H,52,57)(H,53,58)(H,54,56)(H3,47,49,59)/t37-,40?/m0/s1. The highest BCUT2D eigenvalue weighted by Crippen LogP contribution is 2.13. The third kappa shape index (κ3) is 34.1. The number of hydrogen-bond donors (Lipinski definition) is 8. The summed E-state index contributed by atoms with van der Waals surface area (Å²) in [6, 6.07) is 3.81. The van der Waals surface area contributed by atoms with E-state index in [0.29, 0.717) is 110 Å². The quantitative estimate of drug-likeness (QED) is 0.0443. The van der Waals surface area contributed by atoms with E-state index in [1.807, 2.05) is 0 Å². The molecule has 0 aliphatic rings. The van der Waals surface area contributed by atoms with Crippen LogP contribution in [0.4, 0.5) is 20.1 Å². The van der Waals surface area contributed by atoms with Crippen LogP contribution in [-0.4, -0.2) is 152 Å². The number of benzene rings is 1. The lowest BCUT2D eigenvalue weighted by molar-refractivity contribution is -0.132. The van der Waals surface area contributed by atoms with Crippen molar-refractivity contribution in [2.24, 2.45) is 11.7 Å². The average Bonchev–Trinajstić information content (AvgIpc) is 3.27. The Labute approximate surface area is 401 Å².